The van der Waals surface area contributed by atoms with Crippen molar-refractivity contribution in [3.8, 4) is 0 Å². The quantitative estimate of drug-likeness (QED) is 0.803. The van der Waals surface area contributed by atoms with E-state index in [4.69, 9.17) is 0 Å². The van der Waals surface area contributed by atoms with Gasteiger partial charge in [0.1, 0.15) is 0 Å². The molecular formula is C21H22N2O2. The van der Waals surface area contributed by atoms with Crippen LogP contribution in [0.5, 0.6) is 0 Å². The van der Waals surface area contributed by atoms with Crippen molar-refractivity contribution in [2.45, 2.75) is 25.7 Å². The molecule has 1 fully saturated rings. The van der Waals surface area contributed by atoms with Gasteiger partial charge in [-0.3, -0.25) is 4.79 Å². The van der Waals surface area contributed by atoms with Crippen LogP contribution in [0.2, 0.25) is 0 Å². The van der Waals surface area contributed by atoms with Crippen molar-refractivity contribution in [2.75, 3.05) is 10.2 Å². The van der Waals surface area contributed by atoms with Gasteiger partial charge in [-0.15, -0.1) is 0 Å². The summed E-state index contributed by atoms with van der Waals surface area (Å²) in [5.74, 6) is -0.500. The Bertz CT molecular complexity index is 756. The molecule has 0 aliphatic heterocycles. The lowest BCUT2D eigenvalue weighted by Crippen LogP contribution is -2.44. The molecule has 1 aliphatic rings. The van der Waals surface area contributed by atoms with Gasteiger partial charge in [0.25, 0.3) is 0 Å². The van der Waals surface area contributed by atoms with Gasteiger partial charge in [-0.25, -0.2) is 9.69 Å². The molecule has 2 aromatic rings. The van der Waals surface area contributed by atoms with Crippen molar-refractivity contribution in [3.63, 3.8) is 0 Å². The summed E-state index contributed by atoms with van der Waals surface area (Å²) in [6.45, 7) is 4.06. The third-order valence-electron chi connectivity index (χ3n) is 4.49. The number of amides is 3. The van der Waals surface area contributed by atoms with E-state index >= 15 is 0 Å². The van der Waals surface area contributed by atoms with Crippen molar-refractivity contribution in [1.29, 1.82) is 0 Å². The van der Waals surface area contributed by atoms with E-state index in [2.05, 4.69) is 11.9 Å². The highest BCUT2D eigenvalue weighted by atomic mass is 16.2. The van der Waals surface area contributed by atoms with Crippen LogP contribution in [0.25, 0.3) is 0 Å². The van der Waals surface area contributed by atoms with Crippen LogP contribution in [0.1, 0.15) is 25.7 Å². The maximum atomic E-state index is 13.1. The summed E-state index contributed by atoms with van der Waals surface area (Å²) in [4.78, 5) is 27.3. The maximum absolute atomic E-state index is 13.1. The minimum Gasteiger partial charge on any atom is -0.307 e. The topological polar surface area (TPSA) is 49.4 Å². The highest BCUT2D eigenvalue weighted by molar-refractivity contribution is 6.19. The summed E-state index contributed by atoms with van der Waals surface area (Å²) in [5, 5.41) is 2.81. The van der Waals surface area contributed by atoms with E-state index < -0.39 is 6.03 Å². The number of imide groups is 1. The van der Waals surface area contributed by atoms with Gasteiger partial charge in [-0.1, -0.05) is 55.0 Å². The molecule has 3 rings (SSSR count). The van der Waals surface area contributed by atoms with E-state index in [1.54, 1.807) is 24.3 Å². The van der Waals surface area contributed by atoms with Crippen molar-refractivity contribution in [2.24, 2.45) is 5.92 Å². The summed E-state index contributed by atoms with van der Waals surface area (Å²) >= 11 is 0. The van der Waals surface area contributed by atoms with E-state index in [-0.39, 0.29) is 11.8 Å². The first-order valence-corrected chi connectivity index (χ1v) is 8.59. The first-order valence-electron chi connectivity index (χ1n) is 8.59. The van der Waals surface area contributed by atoms with Crippen LogP contribution in [-0.2, 0) is 4.79 Å². The van der Waals surface area contributed by atoms with Crippen LogP contribution in [0, 0.1) is 5.92 Å². The Hall–Kier alpha value is -2.88. The van der Waals surface area contributed by atoms with E-state index in [9.17, 15) is 9.59 Å². The fraction of sp³-hybridized carbons (Fsp3) is 0.238. The van der Waals surface area contributed by atoms with Gasteiger partial charge < -0.3 is 5.32 Å². The molecular weight excluding hydrogens is 312 g/mol. The van der Waals surface area contributed by atoms with Crippen molar-refractivity contribution in [1.82, 2.24) is 0 Å². The summed E-state index contributed by atoms with van der Waals surface area (Å²) in [5.41, 5.74) is 2.15. The number of urea groups is 1. The van der Waals surface area contributed by atoms with Crippen LogP contribution >= 0.6 is 0 Å². The second-order valence-corrected chi connectivity index (χ2v) is 6.26. The zero-order valence-corrected chi connectivity index (χ0v) is 14.2. The fourth-order valence-corrected chi connectivity index (χ4v) is 3.16. The minimum absolute atomic E-state index is 0.204. The highest BCUT2D eigenvalue weighted by Crippen LogP contribution is 2.31. The van der Waals surface area contributed by atoms with E-state index in [1.165, 1.54) is 4.90 Å². The van der Waals surface area contributed by atoms with Gasteiger partial charge in [0.15, 0.2) is 0 Å². The second-order valence-electron chi connectivity index (χ2n) is 6.26. The number of anilines is 2. The molecule has 3 amide bonds. The number of hydrogen-bond acceptors (Lipinski definition) is 2. The summed E-state index contributed by atoms with van der Waals surface area (Å²) in [7, 11) is 0. The number of rotatable bonds is 3. The van der Waals surface area contributed by atoms with Gasteiger partial charge in [0, 0.05) is 5.69 Å². The maximum Gasteiger partial charge on any atom is 0.333 e. The Labute approximate surface area is 148 Å². The molecule has 1 saturated carbocycles. The van der Waals surface area contributed by atoms with Gasteiger partial charge >= 0.3 is 6.03 Å². The van der Waals surface area contributed by atoms with Gasteiger partial charge in [0.2, 0.25) is 5.91 Å². The molecule has 128 valence electrons. The van der Waals surface area contributed by atoms with Gasteiger partial charge in [0.05, 0.1) is 11.6 Å². The number of nitrogens with zero attached hydrogens (tertiary/aromatic N) is 1. The van der Waals surface area contributed by atoms with Crippen molar-refractivity contribution >= 4 is 23.3 Å². The highest BCUT2D eigenvalue weighted by Gasteiger charge is 2.33. The largest absolute Gasteiger partial charge is 0.333 e. The molecule has 1 atom stereocenters. The van der Waals surface area contributed by atoms with Crippen LogP contribution in [-0.4, -0.2) is 11.9 Å². The van der Waals surface area contributed by atoms with Crippen LogP contribution in [0.3, 0.4) is 0 Å². The van der Waals surface area contributed by atoms with Crippen LogP contribution in [0.15, 0.2) is 72.8 Å². The molecule has 1 N–H and O–H groups in total. The van der Waals surface area contributed by atoms with Crippen molar-refractivity contribution in [3.05, 3.63) is 72.8 Å². The SMILES string of the molecule is C=C1CCCCC1C(=O)N(C(=O)Nc1ccccc1)c1ccccc1. The van der Waals surface area contributed by atoms with E-state index in [0.29, 0.717) is 11.4 Å². The summed E-state index contributed by atoms with van der Waals surface area (Å²) in [6, 6.07) is 17.8. The number of carbonyl (C=O) groups excluding carboxylic acids is 2. The molecule has 0 spiro atoms. The lowest BCUT2D eigenvalue weighted by Gasteiger charge is -2.29. The summed E-state index contributed by atoms with van der Waals surface area (Å²) in [6.07, 6.45) is 3.64. The Morgan fingerprint density at radius 2 is 1.60 bits per heavy atom. The lowest BCUT2D eigenvalue weighted by atomic mass is 9.84. The molecule has 0 radical (unpaired) electrons. The van der Waals surface area contributed by atoms with Gasteiger partial charge in [-0.05, 0) is 43.5 Å². The first kappa shape index (κ1) is 17.0. The number of benzene rings is 2. The molecule has 2 aromatic carbocycles. The Morgan fingerprint density at radius 1 is 0.960 bits per heavy atom. The number of carbonyl (C=O) groups is 2. The molecule has 0 heterocycles. The average molecular weight is 334 g/mol. The molecule has 4 heteroatoms. The van der Waals surface area contributed by atoms with Crippen LogP contribution < -0.4 is 10.2 Å². The zero-order chi connectivity index (χ0) is 17.6. The molecule has 0 bridgehead atoms. The number of hydrogen-bond donors (Lipinski definition) is 1. The Morgan fingerprint density at radius 3 is 2.24 bits per heavy atom. The molecule has 1 unspecified atom stereocenters. The summed E-state index contributed by atoms with van der Waals surface area (Å²) < 4.78 is 0. The molecule has 0 aromatic heterocycles. The third-order valence-corrected chi connectivity index (χ3v) is 4.49. The van der Waals surface area contributed by atoms with Crippen molar-refractivity contribution < 1.29 is 9.59 Å². The first-order chi connectivity index (χ1) is 12.2. The molecule has 25 heavy (non-hydrogen) atoms. The fourth-order valence-electron chi connectivity index (χ4n) is 3.16. The van der Waals surface area contributed by atoms with Gasteiger partial charge in [-0.2, -0.15) is 0 Å². The molecule has 0 saturated heterocycles. The minimum atomic E-state index is -0.444. The molecule has 1 aliphatic carbocycles. The normalized spacial score (nSPS) is 17.0. The van der Waals surface area contributed by atoms with Crippen LogP contribution in [0.4, 0.5) is 16.2 Å². The monoisotopic (exact) mass is 334 g/mol. The number of nitrogens with one attached hydrogen (secondary N) is 1. The predicted octanol–water partition coefficient (Wildman–Crippen LogP) is 5.00. The predicted molar refractivity (Wildman–Crippen MR) is 100 cm³/mol. The van der Waals surface area contributed by atoms with E-state index in [1.807, 2.05) is 36.4 Å². The standard InChI is InChI=1S/C21H22N2O2/c1-16-10-8-9-15-19(16)20(24)23(18-13-6-3-7-14-18)21(25)22-17-11-4-2-5-12-17/h2-7,11-14,19H,1,8-10,15H2,(H,22,25). The number of para-hydroxylation sites is 2. The zero-order valence-electron chi connectivity index (χ0n) is 14.2. The Balaban J connectivity index is 1.88. The lowest BCUT2D eigenvalue weighted by molar-refractivity contribution is -0.121. The second kappa shape index (κ2) is 7.79. The Kier molecular flexibility index (Phi) is 5.29. The van der Waals surface area contributed by atoms with E-state index in [0.717, 1.165) is 31.3 Å². The smallest absolute Gasteiger partial charge is 0.307 e. The third kappa shape index (κ3) is 3.97. The molecule has 4 nitrogen and oxygen atoms in total. The average Bonchev–Trinajstić information content (AvgIpc) is 2.64.